The van der Waals surface area contributed by atoms with Gasteiger partial charge in [0.1, 0.15) is 0 Å². The summed E-state index contributed by atoms with van der Waals surface area (Å²) >= 11 is 1.83. The summed E-state index contributed by atoms with van der Waals surface area (Å²) in [4.78, 5) is 31.6. The maximum Gasteiger partial charge on any atom is 0.258 e. The van der Waals surface area contributed by atoms with Crippen molar-refractivity contribution >= 4 is 23.6 Å². The number of thioether (sulfide) groups is 1. The fraction of sp³-hybridized carbons (Fsp3) is 0.304. The van der Waals surface area contributed by atoms with Gasteiger partial charge in [-0.05, 0) is 22.8 Å². The van der Waals surface area contributed by atoms with Crippen molar-refractivity contribution in [2.45, 2.75) is 5.25 Å². The predicted octanol–water partition coefficient (Wildman–Crippen LogP) is 2.06. The van der Waals surface area contributed by atoms with Crippen LogP contribution in [0.4, 0.5) is 0 Å². The highest BCUT2D eigenvalue weighted by molar-refractivity contribution is 8.04. The summed E-state index contributed by atoms with van der Waals surface area (Å²) in [5.41, 5.74) is 4.97. The minimum Gasteiger partial charge on any atom is -0.314 e. The van der Waals surface area contributed by atoms with E-state index in [1.165, 1.54) is 15.4 Å². The number of hydrogen-bond acceptors (Lipinski definition) is 5. The number of piperazine rings is 1. The molecule has 3 heterocycles. The number of nitrogens with zero attached hydrogens (tertiary/aromatic N) is 2. The van der Waals surface area contributed by atoms with Gasteiger partial charge < -0.3 is 5.32 Å². The molecule has 6 aliphatic rings. The number of rotatable bonds is 2. The molecule has 0 radical (unpaired) electrons. The van der Waals surface area contributed by atoms with Crippen LogP contribution in [-0.4, -0.2) is 59.7 Å². The Balaban J connectivity index is 1.44. The molecule has 2 amide bonds. The second-order valence-corrected chi connectivity index (χ2v) is 9.15. The van der Waals surface area contributed by atoms with Crippen LogP contribution in [0.15, 0.2) is 81.4 Å². The Morgan fingerprint density at radius 1 is 1.00 bits per heavy atom. The normalized spacial score (nSPS) is 30.4. The number of amides is 2. The fourth-order valence-electron chi connectivity index (χ4n) is 4.92. The topological polar surface area (TPSA) is 52.7 Å². The van der Waals surface area contributed by atoms with Gasteiger partial charge in [0.05, 0.1) is 11.9 Å². The van der Waals surface area contributed by atoms with Crippen LogP contribution in [0.1, 0.15) is 0 Å². The van der Waals surface area contributed by atoms with Crippen molar-refractivity contribution in [3.05, 3.63) is 81.4 Å². The van der Waals surface area contributed by atoms with E-state index in [0.29, 0.717) is 11.9 Å². The monoisotopic (exact) mass is 403 g/mol. The minimum atomic E-state index is -0.223. The van der Waals surface area contributed by atoms with Gasteiger partial charge in [0, 0.05) is 48.1 Å². The van der Waals surface area contributed by atoms with E-state index < -0.39 is 0 Å². The maximum absolute atomic E-state index is 13.5. The second kappa shape index (κ2) is 6.55. The molecular weight excluding hydrogens is 382 g/mol. The van der Waals surface area contributed by atoms with E-state index >= 15 is 0 Å². The third kappa shape index (κ3) is 2.56. The van der Waals surface area contributed by atoms with E-state index in [1.54, 1.807) is 0 Å². The smallest absolute Gasteiger partial charge is 0.258 e. The van der Waals surface area contributed by atoms with Crippen molar-refractivity contribution in [2.24, 2.45) is 5.92 Å². The summed E-state index contributed by atoms with van der Waals surface area (Å²) in [6.07, 6.45) is 16.5. The van der Waals surface area contributed by atoms with Crippen LogP contribution < -0.4 is 5.32 Å². The van der Waals surface area contributed by atoms with Gasteiger partial charge in [-0.15, -0.1) is 11.8 Å². The summed E-state index contributed by atoms with van der Waals surface area (Å²) in [7, 11) is 0. The Labute approximate surface area is 173 Å². The van der Waals surface area contributed by atoms with Crippen molar-refractivity contribution < 1.29 is 9.59 Å². The van der Waals surface area contributed by atoms with Crippen LogP contribution in [0.3, 0.4) is 0 Å². The standard InChI is InChI=1S/C23H21N3O2S/c27-22-16-6-3-5-15-20(16)18(23(28)26(22)13-25-10-8-24-9-11-25)12-17-14-4-1-2-7-19(14)29-21(15)17/h1-7,12,19-20,24H,8-11,13H2. The van der Waals surface area contributed by atoms with Crippen molar-refractivity contribution in [1.29, 1.82) is 0 Å². The molecule has 29 heavy (non-hydrogen) atoms. The molecule has 0 aromatic carbocycles. The van der Waals surface area contributed by atoms with Crippen molar-refractivity contribution in [1.82, 2.24) is 15.1 Å². The lowest BCUT2D eigenvalue weighted by molar-refractivity contribution is -0.145. The SMILES string of the molecule is O=C1C2=CC=CC3=C4SC5C=CC=CC5=C4C=C(C(=O)N1CN1CCNCC1)C23. The number of piperidine rings is 1. The van der Waals surface area contributed by atoms with Crippen molar-refractivity contribution in [3.63, 3.8) is 0 Å². The van der Waals surface area contributed by atoms with Gasteiger partial charge in [0.2, 0.25) is 0 Å². The van der Waals surface area contributed by atoms with E-state index in [9.17, 15) is 9.59 Å². The molecule has 3 aliphatic heterocycles. The van der Waals surface area contributed by atoms with E-state index in [4.69, 9.17) is 0 Å². The zero-order valence-electron chi connectivity index (χ0n) is 15.9. The first-order valence-electron chi connectivity index (χ1n) is 10.1. The highest BCUT2D eigenvalue weighted by Gasteiger charge is 2.47. The Morgan fingerprint density at radius 2 is 1.79 bits per heavy atom. The van der Waals surface area contributed by atoms with Gasteiger partial charge in [-0.2, -0.15) is 0 Å². The van der Waals surface area contributed by atoms with Crippen LogP contribution >= 0.6 is 11.8 Å². The number of carbonyl (C=O) groups excluding carboxylic acids is 2. The Kier molecular flexibility index (Phi) is 3.94. The summed E-state index contributed by atoms with van der Waals surface area (Å²) < 4.78 is 0. The quantitative estimate of drug-likeness (QED) is 0.716. The number of nitrogens with one attached hydrogen (secondary N) is 1. The van der Waals surface area contributed by atoms with Gasteiger partial charge in [0.25, 0.3) is 11.8 Å². The van der Waals surface area contributed by atoms with Crippen molar-refractivity contribution in [3.8, 4) is 0 Å². The molecule has 0 bridgehead atoms. The van der Waals surface area contributed by atoms with Crippen LogP contribution in [-0.2, 0) is 9.59 Å². The summed E-state index contributed by atoms with van der Waals surface area (Å²) in [5.74, 6) is -0.506. The second-order valence-electron chi connectivity index (χ2n) is 8.00. The number of likely N-dealkylation sites (tertiary alicyclic amines) is 1. The number of allylic oxidation sites excluding steroid dienone is 9. The molecule has 146 valence electrons. The van der Waals surface area contributed by atoms with Gasteiger partial charge in [0.15, 0.2) is 0 Å². The molecule has 2 fully saturated rings. The van der Waals surface area contributed by atoms with Gasteiger partial charge in [-0.25, -0.2) is 0 Å². The molecule has 2 atom stereocenters. The minimum absolute atomic E-state index is 0.139. The van der Waals surface area contributed by atoms with Gasteiger partial charge in [-0.3, -0.25) is 19.4 Å². The summed E-state index contributed by atoms with van der Waals surface area (Å²) in [5, 5.41) is 3.61. The lowest BCUT2D eigenvalue weighted by Gasteiger charge is -2.40. The number of carbonyl (C=O) groups is 2. The lowest BCUT2D eigenvalue weighted by Crippen LogP contribution is -2.55. The average molecular weight is 404 g/mol. The summed E-state index contributed by atoms with van der Waals surface area (Å²) in [6, 6.07) is 0. The molecule has 2 saturated heterocycles. The number of fused-ring (bicyclic) bond motifs is 2. The lowest BCUT2D eigenvalue weighted by atomic mass is 9.73. The molecule has 5 nitrogen and oxygen atoms in total. The summed E-state index contributed by atoms with van der Waals surface area (Å²) in [6.45, 7) is 3.83. The number of hydrogen-bond donors (Lipinski definition) is 1. The molecule has 6 rings (SSSR count). The van der Waals surface area contributed by atoms with E-state index in [0.717, 1.165) is 48.5 Å². The van der Waals surface area contributed by atoms with E-state index in [1.807, 2.05) is 23.9 Å². The molecular formula is C23H21N3O2S. The molecule has 2 unspecified atom stereocenters. The first-order valence-corrected chi connectivity index (χ1v) is 11.0. The molecule has 0 spiro atoms. The molecule has 3 aliphatic carbocycles. The third-order valence-corrected chi connectivity index (χ3v) is 7.72. The largest absolute Gasteiger partial charge is 0.314 e. The highest BCUT2D eigenvalue weighted by atomic mass is 32.2. The third-order valence-electron chi connectivity index (χ3n) is 6.36. The molecule has 6 heteroatoms. The first-order chi connectivity index (χ1) is 14.2. The van der Waals surface area contributed by atoms with Crippen LogP contribution in [0.2, 0.25) is 0 Å². The van der Waals surface area contributed by atoms with Crippen LogP contribution in [0.25, 0.3) is 0 Å². The average Bonchev–Trinajstić information content (AvgIpc) is 3.14. The molecule has 0 aromatic heterocycles. The Hall–Kier alpha value is -2.41. The van der Waals surface area contributed by atoms with Gasteiger partial charge in [-0.1, -0.05) is 42.5 Å². The maximum atomic E-state index is 13.5. The van der Waals surface area contributed by atoms with E-state index in [2.05, 4.69) is 46.7 Å². The number of imide groups is 1. The van der Waals surface area contributed by atoms with Crippen molar-refractivity contribution in [2.75, 3.05) is 32.8 Å². The fourth-order valence-corrected chi connectivity index (χ4v) is 6.31. The van der Waals surface area contributed by atoms with Crippen LogP contribution in [0.5, 0.6) is 0 Å². The molecule has 0 saturated carbocycles. The Bertz CT molecular complexity index is 1050. The predicted molar refractivity (Wildman–Crippen MR) is 114 cm³/mol. The first kappa shape index (κ1) is 17.4. The zero-order valence-corrected chi connectivity index (χ0v) is 16.7. The molecule has 1 N–H and O–H groups in total. The zero-order chi connectivity index (χ0) is 19.5. The van der Waals surface area contributed by atoms with Crippen LogP contribution in [0, 0.1) is 5.92 Å². The van der Waals surface area contributed by atoms with Gasteiger partial charge >= 0.3 is 0 Å². The van der Waals surface area contributed by atoms with E-state index in [-0.39, 0.29) is 17.7 Å². The Morgan fingerprint density at radius 3 is 2.66 bits per heavy atom. The molecule has 0 aromatic rings. The highest BCUT2D eigenvalue weighted by Crippen LogP contribution is 2.54.